The molecule has 3 heteroatoms. The van der Waals surface area contributed by atoms with Gasteiger partial charge in [-0.1, -0.05) is 13.8 Å². The van der Waals surface area contributed by atoms with Gasteiger partial charge in [-0.05, 0) is 26.7 Å². The normalized spacial score (nSPS) is 10.0. The Kier molecular flexibility index (Phi) is 7.25. The van der Waals surface area contributed by atoms with E-state index in [0.29, 0.717) is 0 Å². The number of hydrogen-bond donors (Lipinski definition) is 0. The van der Waals surface area contributed by atoms with Crippen molar-refractivity contribution < 1.29 is 4.79 Å². The number of urea groups is 1. The lowest BCUT2D eigenvalue weighted by molar-refractivity contribution is 0.157. The van der Waals surface area contributed by atoms with E-state index in [9.17, 15) is 4.79 Å². The highest BCUT2D eigenvalue weighted by Gasteiger charge is 2.16. The van der Waals surface area contributed by atoms with Crippen molar-refractivity contribution in [3.63, 3.8) is 0 Å². The summed E-state index contributed by atoms with van der Waals surface area (Å²) in [6.45, 7) is 11.6. The topological polar surface area (TPSA) is 23.6 Å². The summed E-state index contributed by atoms with van der Waals surface area (Å²) in [5.41, 5.74) is 0. The summed E-state index contributed by atoms with van der Waals surface area (Å²) in [6.07, 6.45) is 2.06. The molecule has 3 nitrogen and oxygen atoms in total. The molecule has 0 fully saturated rings. The molecule has 0 aromatic carbocycles. The van der Waals surface area contributed by atoms with Crippen LogP contribution in [0.15, 0.2) is 0 Å². The number of nitrogens with zero attached hydrogens (tertiary/aromatic N) is 2. The van der Waals surface area contributed by atoms with E-state index >= 15 is 0 Å². The van der Waals surface area contributed by atoms with Crippen LogP contribution in [0.4, 0.5) is 4.79 Å². The van der Waals surface area contributed by atoms with Crippen molar-refractivity contribution in [3.8, 4) is 0 Å². The monoisotopic (exact) mass is 200 g/mol. The van der Waals surface area contributed by atoms with Crippen molar-refractivity contribution in [2.75, 3.05) is 26.2 Å². The summed E-state index contributed by atoms with van der Waals surface area (Å²) in [6, 6.07) is 0.193. The van der Waals surface area contributed by atoms with E-state index in [4.69, 9.17) is 0 Å². The Labute approximate surface area is 88.1 Å². The summed E-state index contributed by atoms with van der Waals surface area (Å²) in [5, 5.41) is 0. The molecular weight excluding hydrogens is 176 g/mol. The Morgan fingerprint density at radius 2 is 1.21 bits per heavy atom. The average Bonchev–Trinajstić information content (AvgIpc) is 2.21. The first-order valence-electron chi connectivity index (χ1n) is 5.74. The largest absolute Gasteiger partial charge is 0.325 e. The molecule has 0 saturated carbocycles. The molecule has 0 spiro atoms. The molecule has 0 aromatic rings. The molecule has 0 aliphatic carbocycles. The van der Waals surface area contributed by atoms with E-state index in [1.807, 2.05) is 23.6 Å². The van der Waals surface area contributed by atoms with Crippen LogP contribution in [-0.4, -0.2) is 42.0 Å². The van der Waals surface area contributed by atoms with Crippen molar-refractivity contribution in [1.29, 1.82) is 0 Å². The molecule has 0 N–H and O–H groups in total. The van der Waals surface area contributed by atoms with E-state index in [1.54, 1.807) is 0 Å². The maximum absolute atomic E-state index is 11.9. The zero-order valence-electron chi connectivity index (χ0n) is 10.0. The highest BCUT2D eigenvalue weighted by Crippen LogP contribution is 2.01. The highest BCUT2D eigenvalue weighted by molar-refractivity contribution is 5.74. The molecule has 0 bridgehead atoms. The van der Waals surface area contributed by atoms with Crippen LogP contribution >= 0.6 is 0 Å². The van der Waals surface area contributed by atoms with E-state index in [-0.39, 0.29) is 6.03 Å². The minimum atomic E-state index is 0.193. The fourth-order valence-corrected chi connectivity index (χ4v) is 1.52. The van der Waals surface area contributed by atoms with Crippen molar-refractivity contribution >= 4 is 6.03 Å². The first-order valence-corrected chi connectivity index (χ1v) is 5.74. The molecule has 0 aromatic heterocycles. The third-order valence-electron chi connectivity index (χ3n) is 2.29. The van der Waals surface area contributed by atoms with Crippen LogP contribution in [-0.2, 0) is 0 Å². The van der Waals surface area contributed by atoms with Crippen molar-refractivity contribution in [2.24, 2.45) is 0 Å². The average molecular weight is 200 g/mol. The smallest absolute Gasteiger partial charge is 0.319 e. The minimum absolute atomic E-state index is 0.193. The molecule has 2 amide bonds. The molecule has 0 aliphatic heterocycles. The van der Waals surface area contributed by atoms with E-state index in [0.717, 1.165) is 39.0 Å². The molecule has 0 unspecified atom stereocenters. The van der Waals surface area contributed by atoms with Crippen LogP contribution in [0.2, 0.25) is 0 Å². The molecule has 0 aliphatic rings. The number of carbonyl (C=O) groups is 1. The second-order valence-corrected chi connectivity index (χ2v) is 3.44. The standard InChI is InChI=1S/C11H24N2O/c1-5-9-12(7-3)11(14)13(8-4)10-6-2/h5-10H2,1-4H3. The highest BCUT2D eigenvalue weighted by atomic mass is 16.2. The maximum atomic E-state index is 11.9. The van der Waals surface area contributed by atoms with Crippen LogP contribution in [0.3, 0.4) is 0 Å². The predicted molar refractivity (Wildman–Crippen MR) is 60.5 cm³/mol. The summed E-state index contributed by atoms with van der Waals surface area (Å²) in [4.78, 5) is 15.8. The molecule has 0 saturated heterocycles. The van der Waals surface area contributed by atoms with Crippen LogP contribution in [0.25, 0.3) is 0 Å². The van der Waals surface area contributed by atoms with Gasteiger partial charge >= 0.3 is 6.03 Å². The zero-order chi connectivity index (χ0) is 11.0. The number of hydrogen-bond acceptors (Lipinski definition) is 1. The van der Waals surface area contributed by atoms with Gasteiger partial charge in [0.2, 0.25) is 0 Å². The van der Waals surface area contributed by atoms with Crippen molar-refractivity contribution in [2.45, 2.75) is 40.5 Å². The summed E-state index contributed by atoms with van der Waals surface area (Å²) in [5.74, 6) is 0. The third-order valence-corrected chi connectivity index (χ3v) is 2.29. The first kappa shape index (κ1) is 13.3. The van der Waals surface area contributed by atoms with Gasteiger partial charge in [-0.15, -0.1) is 0 Å². The number of amides is 2. The molecular formula is C11H24N2O. The summed E-state index contributed by atoms with van der Waals surface area (Å²) >= 11 is 0. The van der Waals surface area contributed by atoms with Crippen molar-refractivity contribution in [1.82, 2.24) is 9.80 Å². The Morgan fingerprint density at radius 3 is 1.43 bits per heavy atom. The van der Waals surface area contributed by atoms with E-state index in [2.05, 4.69) is 13.8 Å². The second kappa shape index (κ2) is 7.65. The van der Waals surface area contributed by atoms with Crippen molar-refractivity contribution in [3.05, 3.63) is 0 Å². The Bertz CT molecular complexity index is 143. The Balaban J connectivity index is 4.21. The van der Waals surface area contributed by atoms with Gasteiger partial charge in [0.25, 0.3) is 0 Å². The van der Waals surface area contributed by atoms with Crippen LogP contribution < -0.4 is 0 Å². The molecule has 0 rings (SSSR count). The lowest BCUT2D eigenvalue weighted by atomic mass is 10.4. The summed E-state index contributed by atoms with van der Waals surface area (Å²) < 4.78 is 0. The second-order valence-electron chi connectivity index (χ2n) is 3.44. The van der Waals surface area contributed by atoms with Gasteiger partial charge < -0.3 is 9.80 Å². The number of carbonyl (C=O) groups excluding carboxylic acids is 1. The zero-order valence-corrected chi connectivity index (χ0v) is 10.0. The van der Waals surface area contributed by atoms with Gasteiger partial charge in [0.15, 0.2) is 0 Å². The van der Waals surface area contributed by atoms with Gasteiger partial charge in [-0.3, -0.25) is 0 Å². The SMILES string of the molecule is CCCN(CC)C(=O)N(CC)CCC. The van der Waals surface area contributed by atoms with Crippen LogP contribution in [0.1, 0.15) is 40.5 Å². The van der Waals surface area contributed by atoms with E-state index in [1.165, 1.54) is 0 Å². The van der Waals surface area contributed by atoms with Gasteiger partial charge in [-0.25, -0.2) is 4.79 Å². The third kappa shape index (κ3) is 3.99. The minimum Gasteiger partial charge on any atom is -0.325 e. The number of rotatable bonds is 6. The Hall–Kier alpha value is -0.730. The fraction of sp³-hybridized carbons (Fsp3) is 0.909. The maximum Gasteiger partial charge on any atom is 0.319 e. The molecule has 14 heavy (non-hydrogen) atoms. The van der Waals surface area contributed by atoms with Gasteiger partial charge in [-0.2, -0.15) is 0 Å². The quantitative estimate of drug-likeness (QED) is 0.646. The summed E-state index contributed by atoms with van der Waals surface area (Å²) in [7, 11) is 0. The lowest BCUT2D eigenvalue weighted by Crippen LogP contribution is -2.43. The predicted octanol–water partition coefficient (Wildman–Crippen LogP) is 2.57. The lowest BCUT2D eigenvalue weighted by Gasteiger charge is -2.28. The molecule has 84 valence electrons. The van der Waals surface area contributed by atoms with Gasteiger partial charge in [0, 0.05) is 26.2 Å². The molecule has 0 atom stereocenters. The molecule has 0 radical (unpaired) electrons. The fourth-order valence-electron chi connectivity index (χ4n) is 1.52. The van der Waals surface area contributed by atoms with Gasteiger partial charge in [0.1, 0.15) is 0 Å². The molecule has 0 heterocycles. The van der Waals surface area contributed by atoms with E-state index < -0.39 is 0 Å². The van der Waals surface area contributed by atoms with Crippen LogP contribution in [0, 0.1) is 0 Å². The first-order chi connectivity index (χ1) is 6.71. The van der Waals surface area contributed by atoms with Gasteiger partial charge in [0.05, 0.1) is 0 Å². The van der Waals surface area contributed by atoms with Crippen LogP contribution in [0.5, 0.6) is 0 Å². The Morgan fingerprint density at radius 1 is 0.857 bits per heavy atom.